The first-order valence-corrected chi connectivity index (χ1v) is 5.00. The third-order valence-corrected chi connectivity index (χ3v) is 2.84. The second kappa shape index (κ2) is 3.66. The van der Waals surface area contributed by atoms with Crippen LogP contribution in [-0.2, 0) is 4.79 Å². The summed E-state index contributed by atoms with van der Waals surface area (Å²) >= 11 is 0. The summed E-state index contributed by atoms with van der Waals surface area (Å²) in [4.78, 5) is 11.0. The molecule has 1 rings (SSSR count). The van der Waals surface area contributed by atoms with Crippen LogP contribution in [0.3, 0.4) is 0 Å². The Bertz CT molecular complexity index is 205. The smallest absolute Gasteiger partial charge is 0.323 e. The number of aliphatic carboxylic acids is 1. The number of rotatable bonds is 5. The van der Waals surface area contributed by atoms with Crippen molar-refractivity contribution in [3.8, 4) is 0 Å². The normalized spacial score (nSPS) is 31.0. The van der Waals surface area contributed by atoms with Crippen molar-refractivity contribution in [3.63, 3.8) is 0 Å². The van der Waals surface area contributed by atoms with Crippen molar-refractivity contribution in [2.45, 2.75) is 51.6 Å². The molecule has 0 spiro atoms. The molecule has 76 valence electrons. The predicted octanol–water partition coefficient (Wildman–Crippen LogP) is 1.63. The van der Waals surface area contributed by atoms with Crippen molar-refractivity contribution in [3.05, 3.63) is 0 Å². The molecule has 0 aliphatic heterocycles. The van der Waals surface area contributed by atoms with Gasteiger partial charge in [-0.2, -0.15) is 0 Å². The lowest BCUT2D eigenvalue weighted by Gasteiger charge is -2.26. The molecule has 1 saturated carbocycles. The van der Waals surface area contributed by atoms with Gasteiger partial charge in [0.2, 0.25) is 0 Å². The predicted molar refractivity (Wildman–Crippen MR) is 51.7 cm³/mol. The standard InChI is InChI=1S/C10H19NO2/c1-4-5-10(3,9(12)13)11-8-6-7(8)2/h7-8,11H,4-6H2,1-3H3,(H,12,13). The molecule has 0 aromatic carbocycles. The Kier molecular flexibility index (Phi) is 2.96. The quantitative estimate of drug-likeness (QED) is 0.684. The maximum absolute atomic E-state index is 11.0. The van der Waals surface area contributed by atoms with E-state index in [0.717, 1.165) is 12.8 Å². The molecule has 1 aliphatic carbocycles. The van der Waals surface area contributed by atoms with Gasteiger partial charge in [0.05, 0.1) is 0 Å². The Morgan fingerprint density at radius 2 is 2.23 bits per heavy atom. The third-order valence-electron chi connectivity index (χ3n) is 2.84. The minimum absolute atomic E-state index is 0.424. The summed E-state index contributed by atoms with van der Waals surface area (Å²) in [6.45, 7) is 5.94. The molecule has 0 aromatic heterocycles. The molecule has 1 fully saturated rings. The Morgan fingerprint density at radius 1 is 1.69 bits per heavy atom. The third kappa shape index (κ3) is 2.44. The van der Waals surface area contributed by atoms with Gasteiger partial charge in [0.25, 0.3) is 0 Å². The fourth-order valence-electron chi connectivity index (χ4n) is 1.67. The Hall–Kier alpha value is -0.570. The molecule has 0 bridgehead atoms. The molecule has 3 atom stereocenters. The molecule has 0 aromatic rings. The Labute approximate surface area is 79.5 Å². The zero-order valence-electron chi connectivity index (χ0n) is 8.63. The molecule has 2 N–H and O–H groups in total. The first kappa shape index (κ1) is 10.5. The summed E-state index contributed by atoms with van der Waals surface area (Å²) in [5.74, 6) is -0.0796. The number of carbonyl (C=O) groups is 1. The molecular formula is C10H19NO2. The molecule has 0 radical (unpaired) electrons. The zero-order chi connectivity index (χ0) is 10.1. The maximum atomic E-state index is 11.0. The molecule has 0 saturated heterocycles. The number of hydrogen-bond donors (Lipinski definition) is 2. The van der Waals surface area contributed by atoms with Gasteiger partial charge in [-0.25, -0.2) is 0 Å². The van der Waals surface area contributed by atoms with Crippen molar-refractivity contribution in [2.24, 2.45) is 5.92 Å². The minimum atomic E-state index is -0.728. The van der Waals surface area contributed by atoms with Crippen LogP contribution in [0.1, 0.15) is 40.0 Å². The fourth-order valence-corrected chi connectivity index (χ4v) is 1.67. The van der Waals surface area contributed by atoms with Gasteiger partial charge in [0, 0.05) is 6.04 Å². The Balaban J connectivity index is 2.51. The van der Waals surface area contributed by atoms with Crippen LogP contribution in [-0.4, -0.2) is 22.7 Å². The van der Waals surface area contributed by atoms with Crippen LogP contribution < -0.4 is 5.32 Å². The van der Waals surface area contributed by atoms with Crippen LogP contribution in [0.2, 0.25) is 0 Å². The SMILES string of the molecule is CCCC(C)(NC1CC1C)C(=O)O. The topological polar surface area (TPSA) is 49.3 Å². The van der Waals surface area contributed by atoms with Gasteiger partial charge in [-0.1, -0.05) is 20.3 Å². The van der Waals surface area contributed by atoms with E-state index in [2.05, 4.69) is 12.2 Å². The summed E-state index contributed by atoms with van der Waals surface area (Å²) in [6, 6.07) is 0.424. The number of hydrogen-bond acceptors (Lipinski definition) is 2. The van der Waals surface area contributed by atoms with E-state index in [0.29, 0.717) is 18.4 Å². The van der Waals surface area contributed by atoms with Crippen molar-refractivity contribution in [2.75, 3.05) is 0 Å². The highest BCUT2D eigenvalue weighted by Crippen LogP contribution is 2.32. The lowest BCUT2D eigenvalue weighted by Crippen LogP contribution is -2.50. The highest BCUT2D eigenvalue weighted by atomic mass is 16.4. The molecule has 3 heteroatoms. The van der Waals surface area contributed by atoms with Crippen LogP contribution in [0.15, 0.2) is 0 Å². The van der Waals surface area contributed by atoms with Crippen molar-refractivity contribution < 1.29 is 9.90 Å². The highest BCUT2D eigenvalue weighted by molar-refractivity contribution is 5.78. The molecular weight excluding hydrogens is 166 g/mol. The van der Waals surface area contributed by atoms with Gasteiger partial charge in [0.1, 0.15) is 5.54 Å². The van der Waals surface area contributed by atoms with E-state index in [4.69, 9.17) is 5.11 Å². The van der Waals surface area contributed by atoms with Crippen molar-refractivity contribution in [1.82, 2.24) is 5.32 Å². The lowest BCUT2D eigenvalue weighted by molar-refractivity contribution is -0.144. The van der Waals surface area contributed by atoms with Gasteiger partial charge < -0.3 is 5.11 Å². The van der Waals surface area contributed by atoms with Crippen LogP contribution in [0.25, 0.3) is 0 Å². The summed E-state index contributed by atoms with van der Waals surface area (Å²) in [5.41, 5.74) is -0.718. The molecule has 3 nitrogen and oxygen atoms in total. The Morgan fingerprint density at radius 3 is 2.54 bits per heavy atom. The molecule has 1 aliphatic rings. The second-order valence-electron chi connectivity index (χ2n) is 4.35. The largest absolute Gasteiger partial charge is 0.480 e. The first-order valence-electron chi connectivity index (χ1n) is 5.00. The maximum Gasteiger partial charge on any atom is 0.323 e. The molecule has 0 amide bonds. The van der Waals surface area contributed by atoms with E-state index in [1.165, 1.54) is 0 Å². The summed E-state index contributed by atoms with van der Waals surface area (Å²) < 4.78 is 0. The summed E-state index contributed by atoms with van der Waals surface area (Å²) in [7, 11) is 0. The van der Waals surface area contributed by atoms with Crippen molar-refractivity contribution in [1.29, 1.82) is 0 Å². The summed E-state index contributed by atoms with van der Waals surface area (Å²) in [5, 5.41) is 12.3. The van der Waals surface area contributed by atoms with Crippen LogP contribution in [0.4, 0.5) is 0 Å². The van der Waals surface area contributed by atoms with Gasteiger partial charge in [-0.05, 0) is 25.7 Å². The number of carboxylic acid groups (broad SMARTS) is 1. The lowest BCUT2D eigenvalue weighted by atomic mass is 9.96. The van der Waals surface area contributed by atoms with Gasteiger partial charge in [0.15, 0.2) is 0 Å². The van der Waals surface area contributed by atoms with E-state index in [9.17, 15) is 4.79 Å². The van der Waals surface area contributed by atoms with Gasteiger partial charge in [-0.3, -0.25) is 10.1 Å². The van der Waals surface area contributed by atoms with Crippen LogP contribution >= 0.6 is 0 Å². The van der Waals surface area contributed by atoms with Gasteiger partial charge in [-0.15, -0.1) is 0 Å². The van der Waals surface area contributed by atoms with Crippen LogP contribution in [0, 0.1) is 5.92 Å². The molecule has 3 unspecified atom stereocenters. The van der Waals surface area contributed by atoms with Crippen LogP contribution in [0.5, 0.6) is 0 Å². The fraction of sp³-hybridized carbons (Fsp3) is 0.900. The zero-order valence-corrected chi connectivity index (χ0v) is 8.63. The van der Waals surface area contributed by atoms with E-state index in [-0.39, 0.29) is 0 Å². The summed E-state index contributed by atoms with van der Waals surface area (Å²) in [6.07, 6.45) is 2.72. The average molecular weight is 185 g/mol. The highest BCUT2D eigenvalue weighted by Gasteiger charge is 2.41. The number of carboxylic acids is 1. The monoisotopic (exact) mass is 185 g/mol. The van der Waals surface area contributed by atoms with E-state index in [1.807, 2.05) is 6.92 Å². The van der Waals surface area contributed by atoms with E-state index in [1.54, 1.807) is 6.92 Å². The molecule has 0 heterocycles. The molecule has 13 heavy (non-hydrogen) atoms. The first-order chi connectivity index (χ1) is 5.99. The minimum Gasteiger partial charge on any atom is -0.480 e. The second-order valence-corrected chi connectivity index (χ2v) is 4.35. The van der Waals surface area contributed by atoms with Gasteiger partial charge >= 0.3 is 5.97 Å². The number of nitrogens with one attached hydrogen (secondary N) is 1. The van der Waals surface area contributed by atoms with Crippen molar-refractivity contribution >= 4 is 5.97 Å². The van der Waals surface area contributed by atoms with E-state index < -0.39 is 11.5 Å². The van der Waals surface area contributed by atoms with E-state index >= 15 is 0 Å². The average Bonchev–Trinajstić information content (AvgIpc) is 2.66.